The normalized spacial score (nSPS) is 11.2. The monoisotopic (exact) mass is 263 g/mol. The van der Waals surface area contributed by atoms with E-state index in [2.05, 4.69) is 60.7 Å². The second-order valence-corrected chi connectivity index (χ2v) is 5.13. The van der Waals surface area contributed by atoms with Gasteiger partial charge in [-0.1, -0.05) is 19.9 Å². The molecular weight excluding hydrogens is 246 g/mol. The summed E-state index contributed by atoms with van der Waals surface area (Å²) in [6.07, 6.45) is 0. The van der Waals surface area contributed by atoms with Gasteiger partial charge in [0.1, 0.15) is 5.82 Å². The molecule has 0 N–H and O–H groups in total. The molecule has 4 heteroatoms. The van der Waals surface area contributed by atoms with Crippen LogP contribution in [-0.2, 0) is 5.88 Å². The molecule has 0 fully saturated rings. The number of aromatic nitrogens is 3. The molecule has 0 saturated heterocycles. The summed E-state index contributed by atoms with van der Waals surface area (Å²) in [7, 11) is 0. The van der Waals surface area contributed by atoms with Crippen LogP contribution in [0.3, 0.4) is 0 Å². The first kappa shape index (κ1) is 13.1. The van der Waals surface area contributed by atoms with Gasteiger partial charge < -0.3 is 0 Å². The predicted molar refractivity (Wildman–Crippen MR) is 74.5 cm³/mol. The molecule has 0 aliphatic carbocycles. The van der Waals surface area contributed by atoms with Crippen molar-refractivity contribution < 1.29 is 0 Å². The summed E-state index contributed by atoms with van der Waals surface area (Å²) in [5.74, 6) is 2.43. The minimum atomic E-state index is 0.316. The van der Waals surface area contributed by atoms with Crippen LogP contribution in [0.4, 0.5) is 0 Å². The number of hydrogen-bond acceptors (Lipinski definition) is 2. The Kier molecular flexibility index (Phi) is 3.71. The lowest BCUT2D eigenvalue weighted by Crippen LogP contribution is -2.06. The zero-order chi connectivity index (χ0) is 13.3. The van der Waals surface area contributed by atoms with Crippen molar-refractivity contribution in [2.24, 2.45) is 0 Å². The molecule has 1 heterocycles. The molecule has 2 rings (SSSR count). The van der Waals surface area contributed by atoms with Gasteiger partial charge in [0.25, 0.3) is 0 Å². The maximum Gasteiger partial charge on any atom is 0.152 e. The van der Waals surface area contributed by atoms with E-state index in [1.165, 1.54) is 11.1 Å². The molecule has 0 radical (unpaired) electrons. The van der Waals surface area contributed by atoms with E-state index in [-0.39, 0.29) is 0 Å². The predicted octanol–water partition coefficient (Wildman–Crippen LogP) is 3.75. The number of rotatable bonds is 3. The Morgan fingerprint density at radius 2 is 1.89 bits per heavy atom. The van der Waals surface area contributed by atoms with Crippen molar-refractivity contribution in [1.29, 1.82) is 0 Å². The van der Waals surface area contributed by atoms with Crippen molar-refractivity contribution in [3.05, 3.63) is 41.0 Å². The van der Waals surface area contributed by atoms with Crippen LogP contribution in [0.25, 0.3) is 5.69 Å². The number of nitrogens with zero attached hydrogens (tertiary/aromatic N) is 3. The van der Waals surface area contributed by atoms with Gasteiger partial charge in [-0.3, -0.25) is 4.57 Å². The molecular formula is C14H18ClN3. The van der Waals surface area contributed by atoms with Gasteiger partial charge >= 0.3 is 0 Å². The molecule has 0 aliphatic rings. The van der Waals surface area contributed by atoms with Crippen LogP contribution in [0.15, 0.2) is 18.2 Å². The van der Waals surface area contributed by atoms with Crippen LogP contribution in [0.2, 0.25) is 0 Å². The Labute approximate surface area is 113 Å². The number of halogens is 1. The fourth-order valence-electron chi connectivity index (χ4n) is 1.94. The number of hydrogen-bond donors (Lipinski definition) is 0. The molecule has 3 nitrogen and oxygen atoms in total. The van der Waals surface area contributed by atoms with E-state index in [9.17, 15) is 0 Å². The van der Waals surface area contributed by atoms with Crippen LogP contribution < -0.4 is 0 Å². The van der Waals surface area contributed by atoms with Gasteiger partial charge in [0, 0.05) is 11.6 Å². The molecule has 96 valence electrons. The summed E-state index contributed by atoms with van der Waals surface area (Å²) in [4.78, 5) is 0. The Hall–Kier alpha value is -1.35. The van der Waals surface area contributed by atoms with E-state index >= 15 is 0 Å². The van der Waals surface area contributed by atoms with Gasteiger partial charge in [0.15, 0.2) is 5.82 Å². The van der Waals surface area contributed by atoms with Gasteiger partial charge in [-0.15, -0.1) is 21.8 Å². The molecule has 0 atom stereocenters. The van der Waals surface area contributed by atoms with Crippen molar-refractivity contribution >= 4 is 11.6 Å². The average molecular weight is 264 g/mol. The third kappa shape index (κ3) is 2.27. The van der Waals surface area contributed by atoms with Gasteiger partial charge in [-0.05, 0) is 37.1 Å². The molecule has 1 aromatic heterocycles. The first-order chi connectivity index (χ1) is 8.54. The molecule has 2 aromatic rings. The minimum absolute atomic E-state index is 0.316. The maximum atomic E-state index is 5.95. The molecule has 18 heavy (non-hydrogen) atoms. The lowest BCUT2D eigenvalue weighted by atomic mass is 10.1. The highest BCUT2D eigenvalue weighted by Crippen LogP contribution is 2.22. The third-order valence-corrected chi connectivity index (χ3v) is 3.38. The molecule has 0 unspecified atom stereocenters. The van der Waals surface area contributed by atoms with Crippen molar-refractivity contribution in [2.45, 2.75) is 39.5 Å². The quantitative estimate of drug-likeness (QED) is 0.790. The number of benzene rings is 1. The van der Waals surface area contributed by atoms with Gasteiger partial charge in [0.05, 0.1) is 5.88 Å². The molecule has 0 spiro atoms. The molecule has 0 amide bonds. The van der Waals surface area contributed by atoms with Gasteiger partial charge in [-0.2, -0.15) is 0 Å². The van der Waals surface area contributed by atoms with E-state index in [0.717, 1.165) is 17.3 Å². The Morgan fingerprint density at radius 3 is 2.44 bits per heavy atom. The molecule has 1 aromatic carbocycles. The SMILES string of the molecule is Cc1ccc(-n2c(CCl)nnc2C(C)C)cc1C. The molecule has 0 bridgehead atoms. The standard InChI is InChI=1S/C14H18ClN3/c1-9(2)14-17-16-13(8-15)18(14)12-6-5-10(3)11(4)7-12/h5-7,9H,8H2,1-4H3. The Morgan fingerprint density at radius 1 is 1.17 bits per heavy atom. The highest BCUT2D eigenvalue weighted by atomic mass is 35.5. The van der Waals surface area contributed by atoms with Crippen molar-refractivity contribution in [3.63, 3.8) is 0 Å². The summed E-state index contributed by atoms with van der Waals surface area (Å²) in [6, 6.07) is 6.36. The lowest BCUT2D eigenvalue weighted by molar-refractivity contribution is 0.740. The largest absolute Gasteiger partial charge is 0.282 e. The fraction of sp³-hybridized carbons (Fsp3) is 0.429. The summed E-state index contributed by atoms with van der Waals surface area (Å²) in [5.41, 5.74) is 3.63. The van der Waals surface area contributed by atoms with Crippen molar-refractivity contribution in [3.8, 4) is 5.69 Å². The Bertz CT molecular complexity index is 558. The third-order valence-electron chi connectivity index (χ3n) is 3.14. The van der Waals surface area contributed by atoms with Crippen molar-refractivity contribution in [1.82, 2.24) is 14.8 Å². The topological polar surface area (TPSA) is 30.7 Å². The van der Waals surface area contributed by atoms with Crippen LogP contribution in [-0.4, -0.2) is 14.8 Å². The highest BCUT2D eigenvalue weighted by molar-refractivity contribution is 6.16. The van der Waals surface area contributed by atoms with Crippen LogP contribution in [0.1, 0.15) is 42.5 Å². The summed E-state index contributed by atoms with van der Waals surface area (Å²) in [6.45, 7) is 8.44. The molecule has 0 saturated carbocycles. The summed E-state index contributed by atoms with van der Waals surface area (Å²) < 4.78 is 2.06. The van der Waals surface area contributed by atoms with E-state index in [1.54, 1.807) is 0 Å². The average Bonchev–Trinajstić information content (AvgIpc) is 2.76. The summed E-state index contributed by atoms with van der Waals surface area (Å²) in [5, 5.41) is 8.41. The first-order valence-electron chi connectivity index (χ1n) is 6.12. The fourth-order valence-corrected chi connectivity index (χ4v) is 2.11. The Balaban J connectivity index is 2.61. The minimum Gasteiger partial charge on any atom is -0.282 e. The van der Waals surface area contributed by atoms with Crippen LogP contribution in [0.5, 0.6) is 0 Å². The molecule has 0 aliphatic heterocycles. The summed E-state index contributed by atoms with van der Waals surface area (Å²) >= 11 is 5.95. The second kappa shape index (κ2) is 5.11. The van der Waals surface area contributed by atoms with E-state index in [1.807, 2.05) is 0 Å². The zero-order valence-corrected chi connectivity index (χ0v) is 12.0. The number of alkyl halides is 1. The first-order valence-corrected chi connectivity index (χ1v) is 6.65. The number of aryl methyl sites for hydroxylation is 2. The van der Waals surface area contributed by atoms with Crippen molar-refractivity contribution in [2.75, 3.05) is 0 Å². The van der Waals surface area contributed by atoms with Crippen LogP contribution >= 0.6 is 11.6 Å². The highest BCUT2D eigenvalue weighted by Gasteiger charge is 2.15. The van der Waals surface area contributed by atoms with Gasteiger partial charge in [0.2, 0.25) is 0 Å². The smallest absolute Gasteiger partial charge is 0.152 e. The van der Waals surface area contributed by atoms with Gasteiger partial charge in [-0.25, -0.2) is 0 Å². The lowest BCUT2D eigenvalue weighted by Gasteiger charge is -2.13. The van der Waals surface area contributed by atoms with E-state index in [0.29, 0.717) is 11.8 Å². The van der Waals surface area contributed by atoms with E-state index < -0.39 is 0 Å². The van der Waals surface area contributed by atoms with Crippen LogP contribution in [0, 0.1) is 13.8 Å². The zero-order valence-electron chi connectivity index (χ0n) is 11.2. The maximum absolute atomic E-state index is 5.95. The second-order valence-electron chi connectivity index (χ2n) is 4.87. The van der Waals surface area contributed by atoms with E-state index in [4.69, 9.17) is 11.6 Å².